The van der Waals surface area contributed by atoms with Crippen molar-refractivity contribution in [2.75, 3.05) is 11.4 Å². The van der Waals surface area contributed by atoms with Crippen molar-refractivity contribution in [1.29, 1.82) is 0 Å². The largest absolute Gasteiger partial charge is 0.361 e. The Bertz CT molecular complexity index is 1560. The molecule has 5 rings (SSSR count). The quantitative estimate of drug-likeness (QED) is 0.360. The molecule has 0 spiro atoms. The molecule has 9 nitrogen and oxygen atoms in total. The Balaban J connectivity index is 1.43. The smallest absolute Gasteiger partial charge is 0.264 e. The van der Waals surface area contributed by atoms with Crippen molar-refractivity contribution in [3.05, 3.63) is 82.7 Å². The molecule has 1 aliphatic heterocycles. The van der Waals surface area contributed by atoms with Gasteiger partial charge in [-0.1, -0.05) is 24.3 Å². The number of primary sulfonamides is 1. The zero-order chi connectivity index (χ0) is 25.4. The number of aromatic nitrogens is 1. The number of aromatic amines is 1. The molecule has 2 aromatic carbocycles. The van der Waals surface area contributed by atoms with Crippen LogP contribution in [0.1, 0.15) is 21.7 Å². The minimum Gasteiger partial charge on any atom is -0.361 e. The molecular weight excluding hydrogens is 500 g/mol. The van der Waals surface area contributed by atoms with Gasteiger partial charge in [0, 0.05) is 23.6 Å². The number of amides is 3. The van der Waals surface area contributed by atoms with Crippen molar-refractivity contribution >= 4 is 55.7 Å². The van der Waals surface area contributed by atoms with Crippen LogP contribution in [0.5, 0.6) is 0 Å². The number of fused-ring (bicyclic) bond motifs is 1. The highest BCUT2D eigenvalue weighted by atomic mass is 32.2. The number of sulfonamides is 1. The van der Waals surface area contributed by atoms with Gasteiger partial charge < -0.3 is 9.88 Å². The van der Waals surface area contributed by atoms with Crippen LogP contribution in [0.4, 0.5) is 5.69 Å². The molecule has 1 saturated heterocycles. The van der Waals surface area contributed by atoms with E-state index in [1.165, 1.54) is 40.5 Å². The summed E-state index contributed by atoms with van der Waals surface area (Å²) >= 11 is 1.27. The number of rotatable bonds is 7. The van der Waals surface area contributed by atoms with Crippen LogP contribution in [0.3, 0.4) is 0 Å². The van der Waals surface area contributed by atoms with E-state index in [1.807, 2.05) is 30.5 Å². The molecule has 11 heteroatoms. The highest BCUT2D eigenvalue weighted by molar-refractivity contribution is 7.89. The minimum atomic E-state index is -3.92. The summed E-state index contributed by atoms with van der Waals surface area (Å²) in [7, 11) is -3.92. The summed E-state index contributed by atoms with van der Waals surface area (Å²) in [4.78, 5) is 45.8. The zero-order valence-electron chi connectivity index (χ0n) is 19.0. The van der Waals surface area contributed by atoms with Crippen LogP contribution in [0.15, 0.2) is 77.1 Å². The standard InChI is InChI=1S/C25H22N4O5S2/c26-36(33,34)18-9-7-17(8-10-18)29-23(30)14-21(24(29)31)28(25(32)22-6-3-13-35-22)12-11-16-15-27-20-5-2-1-4-19(16)20/h1-10,13,15,21,27H,11-12,14H2,(H2,26,33,34). The molecule has 0 bridgehead atoms. The normalized spacial score (nSPS) is 16.1. The molecule has 3 heterocycles. The van der Waals surface area contributed by atoms with E-state index < -0.39 is 27.9 Å². The lowest BCUT2D eigenvalue weighted by Crippen LogP contribution is -2.46. The monoisotopic (exact) mass is 522 g/mol. The summed E-state index contributed by atoms with van der Waals surface area (Å²) in [5.41, 5.74) is 2.20. The SMILES string of the molecule is NS(=O)(=O)c1ccc(N2C(=O)CC(N(CCc3c[nH]c4ccccc34)C(=O)c3cccs3)C2=O)cc1. The third-order valence-electron chi connectivity index (χ3n) is 6.21. The number of carbonyl (C=O) groups is 3. The first-order valence-corrected chi connectivity index (χ1v) is 13.6. The number of H-pyrrole nitrogens is 1. The number of imide groups is 1. The van der Waals surface area contributed by atoms with Gasteiger partial charge in [0.05, 0.1) is 21.9 Å². The number of nitrogens with two attached hydrogens (primary N) is 1. The number of benzene rings is 2. The van der Waals surface area contributed by atoms with Crippen LogP contribution in [0, 0.1) is 0 Å². The van der Waals surface area contributed by atoms with E-state index >= 15 is 0 Å². The molecule has 0 radical (unpaired) electrons. The molecule has 2 aromatic heterocycles. The molecule has 0 aliphatic carbocycles. The number of nitrogens with one attached hydrogen (secondary N) is 1. The van der Waals surface area contributed by atoms with Gasteiger partial charge in [-0.05, 0) is 53.8 Å². The van der Waals surface area contributed by atoms with Crippen LogP contribution in [-0.2, 0) is 26.0 Å². The number of carbonyl (C=O) groups excluding carboxylic acids is 3. The first kappa shape index (κ1) is 23.9. The second-order valence-electron chi connectivity index (χ2n) is 8.41. The van der Waals surface area contributed by atoms with Gasteiger partial charge in [0.1, 0.15) is 6.04 Å². The highest BCUT2D eigenvalue weighted by Crippen LogP contribution is 2.29. The number of nitrogens with zero attached hydrogens (tertiary/aromatic N) is 2. The second kappa shape index (κ2) is 9.34. The summed E-state index contributed by atoms with van der Waals surface area (Å²) in [5.74, 6) is -1.32. The number of para-hydroxylation sites is 1. The predicted octanol–water partition coefficient (Wildman–Crippen LogP) is 2.89. The molecule has 3 amide bonds. The summed E-state index contributed by atoms with van der Waals surface area (Å²) in [6.07, 6.45) is 2.21. The molecule has 1 aliphatic rings. The van der Waals surface area contributed by atoms with E-state index in [0.717, 1.165) is 21.4 Å². The van der Waals surface area contributed by atoms with Gasteiger partial charge in [0.15, 0.2) is 0 Å². The Morgan fingerprint density at radius 3 is 2.53 bits per heavy atom. The van der Waals surface area contributed by atoms with Crippen molar-refractivity contribution in [1.82, 2.24) is 9.88 Å². The van der Waals surface area contributed by atoms with Gasteiger partial charge in [-0.3, -0.25) is 14.4 Å². The molecular formula is C25H22N4O5S2. The average molecular weight is 523 g/mol. The Hall–Kier alpha value is -3.80. The zero-order valence-corrected chi connectivity index (χ0v) is 20.6. The van der Waals surface area contributed by atoms with E-state index in [2.05, 4.69) is 4.98 Å². The lowest BCUT2D eigenvalue weighted by Gasteiger charge is -2.27. The number of hydrogen-bond acceptors (Lipinski definition) is 6. The number of thiophene rings is 1. The van der Waals surface area contributed by atoms with Gasteiger partial charge in [-0.15, -0.1) is 11.3 Å². The van der Waals surface area contributed by atoms with Gasteiger partial charge in [-0.2, -0.15) is 0 Å². The van der Waals surface area contributed by atoms with E-state index in [-0.39, 0.29) is 29.5 Å². The van der Waals surface area contributed by atoms with Crippen molar-refractivity contribution in [3.63, 3.8) is 0 Å². The molecule has 4 aromatic rings. The third kappa shape index (κ3) is 4.43. The summed E-state index contributed by atoms with van der Waals surface area (Å²) < 4.78 is 23.1. The minimum absolute atomic E-state index is 0.130. The van der Waals surface area contributed by atoms with Crippen LogP contribution in [-0.4, -0.2) is 48.6 Å². The second-order valence-corrected chi connectivity index (χ2v) is 10.9. The van der Waals surface area contributed by atoms with Crippen LogP contribution < -0.4 is 10.0 Å². The molecule has 3 N–H and O–H groups in total. The molecule has 36 heavy (non-hydrogen) atoms. The third-order valence-corrected chi connectivity index (χ3v) is 8.00. The number of anilines is 1. The highest BCUT2D eigenvalue weighted by Gasteiger charge is 2.44. The van der Waals surface area contributed by atoms with Crippen molar-refractivity contribution in [2.45, 2.75) is 23.8 Å². The van der Waals surface area contributed by atoms with Crippen molar-refractivity contribution in [2.24, 2.45) is 5.14 Å². The average Bonchev–Trinajstić information content (AvgIpc) is 3.59. The maximum Gasteiger partial charge on any atom is 0.264 e. The van der Waals surface area contributed by atoms with E-state index in [0.29, 0.717) is 11.3 Å². The van der Waals surface area contributed by atoms with Crippen LogP contribution in [0.2, 0.25) is 0 Å². The number of hydrogen-bond donors (Lipinski definition) is 2. The van der Waals surface area contributed by atoms with Crippen LogP contribution in [0.25, 0.3) is 10.9 Å². The van der Waals surface area contributed by atoms with Gasteiger partial charge in [0.2, 0.25) is 15.9 Å². The van der Waals surface area contributed by atoms with Crippen LogP contribution >= 0.6 is 11.3 Å². The summed E-state index contributed by atoms with van der Waals surface area (Å²) in [5, 5.41) is 7.96. The fourth-order valence-corrected chi connectivity index (χ4v) is 5.63. The van der Waals surface area contributed by atoms with Crippen molar-refractivity contribution in [3.8, 4) is 0 Å². The fraction of sp³-hybridized carbons (Fsp3) is 0.160. The molecule has 184 valence electrons. The Kier molecular flexibility index (Phi) is 6.20. The fourth-order valence-electron chi connectivity index (χ4n) is 4.44. The first-order valence-electron chi connectivity index (χ1n) is 11.1. The first-order chi connectivity index (χ1) is 17.2. The van der Waals surface area contributed by atoms with E-state index in [1.54, 1.807) is 17.5 Å². The summed E-state index contributed by atoms with van der Waals surface area (Å²) in [6, 6.07) is 15.5. The van der Waals surface area contributed by atoms with Crippen molar-refractivity contribution < 1.29 is 22.8 Å². The maximum absolute atomic E-state index is 13.5. The Labute approximate surface area is 211 Å². The Morgan fingerprint density at radius 1 is 1.08 bits per heavy atom. The van der Waals surface area contributed by atoms with Gasteiger partial charge in [-0.25, -0.2) is 18.5 Å². The van der Waals surface area contributed by atoms with Gasteiger partial charge >= 0.3 is 0 Å². The molecule has 1 atom stereocenters. The molecule has 0 saturated carbocycles. The van der Waals surface area contributed by atoms with Gasteiger partial charge in [0.25, 0.3) is 11.8 Å². The lowest BCUT2D eigenvalue weighted by molar-refractivity contribution is -0.122. The van der Waals surface area contributed by atoms with E-state index in [4.69, 9.17) is 5.14 Å². The lowest BCUT2D eigenvalue weighted by atomic mass is 10.1. The predicted molar refractivity (Wildman–Crippen MR) is 136 cm³/mol. The molecule has 1 unspecified atom stereocenters. The topological polar surface area (TPSA) is 134 Å². The maximum atomic E-state index is 13.5. The van der Waals surface area contributed by atoms with E-state index in [9.17, 15) is 22.8 Å². The molecule has 1 fully saturated rings. The Morgan fingerprint density at radius 2 is 1.83 bits per heavy atom. The summed E-state index contributed by atoms with van der Waals surface area (Å²) in [6.45, 7) is 0.237.